The van der Waals surface area contributed by atoms with Gasteiger partial charge in [0.1, 0.15) is 0 Å². The molecule has 0 saturated carbocycles. The molecule has 0 aliphatic heterocycles. The fourth-order valence-electron chi connectivity index (χ4n) is 3.45. The Morgan fingerprint density at radius 2 is 1.57 bits per heavy atom. The van der Waals surface area contributed by atoms with Gasteiger partial charge in [0.25, 0.3) is 0 Å². The first-order valence-corrected chi connectivity index (χ1v) is 7.75. The van der Waals surface area contributed by atoms with E-state index in [1.807, 2.05) is 18.3 Å². The monoisotopic (exact) mass is 294 g/mol. The van der Waals surface area contributed by atoms with Crippen molar-refractivity contribution in [2.45, 2.75) is 0 Å². The molecule has 2 heterocycles. The first-order chi connectivity index (χ1) is 11.4. The third kappa shape index (κ3) is 1.78. The summed E-state index contributed by atoms with van der Waals surface area (Å²) in [4.78, 5) is 8.09. The van der Waals surface area contributed by atoms with Gasteiger partial charge in [0, 0.05) is 39.0 Å². The molecule has 0 aliphatic carbocycles. The van der Waals surface area contributed by atoms with Crippen molar-refractivity contribution in [2.24, 2.45) is 0 Å². The molecule has 23 heavy (non-hydrogen) atoms. The Bertz CT molecular complexity index is 1150. The van der Waals surface area contributed by atoms with E-state index < -0.39 is 0 Å². The van der Waals surface area contributed by atoms with Crippen LogP contribution in [0.4, 0.5) is 0 Å². The zero-order valence-electron chi connectivity index (χ0n) is 12.5. The van der Waals surface area contributed by atoms with E-state index in [0.29, 0.717) is 0 Å². The van der Waals surface area contributed by atoms with Crippen molar-refractivity contribution < 1.29 is 0 Å². The number of nitrogens with one attached hydrogen (secondary N) is 1. The third-order valence-corrected chi connectivity index (χ3v) is 4.45. The highest BCUT2D eigenvalue weighted by Gasteiger charge is 2.12. The molecule has 0 aliphatic rings. The Balaban J connectivity index is 2.04. The first kappa shape index (κ1) is 12.4. The highest BCUT2D eigenvalue weighted by atomic mass is 14.7. The summed E-state index contributed by atoms with van der Waals surface area (Å²) in [6.07, 6.45) is 1.85. The van der Waals surface area contributed by atoms with Crippen molar-refractivity contribution in [2.75, 3.05) is 0 Å². The van der Waals surface area contributed by atoms with Crippen LogP contribution >= 0.6 is 0 Å². The summed E-state index contributed by atoms with van der Waals surface area (Å²) in [7, 11) is 0. The molecule has 108 valence electrons. The molecular weight excluding hydrogens is 280 g/mol. The van der Waals surface area contributed by atoms with Crippen LogP contribution in [0, 0.1) is 0 Å². The highest BCUT2D eigenvalue weighted by Crippen LogP contribution is 2.37. The van der Waals surface area contributed by atoms with Crippen molar-refractivity contribution >= 4 is 32.6 Å². The fourth-order valence-corrected chi connectivity index (χ4v) is 3.45. The molecule has 0 radical (unpaired) electrons. The standard InChI is InChI=1S/C21H14N2/c1-2-10-18-16(7-1)21-19(23-18)12-11-14-6-5-8-15(20(14)21)17-9-3-4-13-22-17/h1-13,23H. The van der Waals surface area contributed by atoms with Gasteiger partial charge in [0.15, 0.2) is 0 Å². The van der Waals surface area contributed by atoms with E-state index in [-0.39, 0.29) is 0 Å². The molecule has 0 spiro atoms. The van der Waals surface area contributed by atoms with Crippen molar-refractivity contribution in [1.82, 2.24) is 9.97 Å². The number of aromatic amines is 1. The molecule has 2 aromatic heterocycles. The van der Waals surface area contributed by atoms with Gasteiger partial charge in [-0.25, -0.2) is 0 Å². The number of benzene rings is 3. The summed E-state index contributed by atoms with van der Waals surface area (Å²) >= 11 is 0. The van der Waals surface area contributed by atoms with E-state index >= 15 is 0 Å². The molecule has 0 atom stereocenters. The lowest BCUT2D eigenvalue weighted by Gasteiger charge is -2.08. The van der Waals surface area contributed by atoms with E-state index in [2.05, 4.69) is 70.6 Å². The fraction of sp³-hybridized carbons (Fsp3) is 0. The van der Waals surface area contributed by atoms with Gasteiger partial charge in [-0.1, -0.05) is 48.5 Å². The van der Waals surface area contributed by atoms with Gasteiger partial charge in [0.2, 0.25) is 0 Å². The Hall–Kier alpha value is -3.13. The van der Waals surface area contributed by atoms with Gasteiger partial charge in [-0.3, -0.25) is 4.98 Å². The summed E-state index contributed by atoms with van der Waals surface area (Å²) in [5.41, 5.74) is 4.53. The zero-order valence-corrected chi connectivity index (χ0v) is 12.5. The van der Waals surface area contributed by atoms with Crippen LogP contribution in [0.5, 0.6) is 0 Å². The van der Waals surface area contributed by atoms with Crippen molar-refractivity contribution in [3.05, 3.63) is 79.0 Å². The summed E-state index contributed by atoms with van der Waals surface area (Å²) in [6, 6.07) is 25.3. The zero-order chi connectivity index (χ0) is 15.2. The summed E-state index contributed by atoms with van der Waals surface area (Å²) in [6.45, 7) is 0. The number of hydrogen-bond donors (Lipinski definition) is 1. The Kier molecular flexibility index (Phi) is 2.53. The number of H-pyrrole nitrogens is 1. The maximum Gasteiger partial charge on any atom is 0.0708 e. The maximum atomic E-state index is 4.56. The second-order valence-corrected chi connectivity index (χ2v) is 5.78. The van der Waals surface area contributed by atoms with Crippen molar-refractivity contribution in [3.63, 3.8) is 0 Å². The van der Waals surface area contributed by atoms with Crippen molar-refractivity contribution in [3.8, 4) is 11.3 Å². The average molecular weight is 294 g/mol. The lowest BCUT2D eigenvalue weighted by molar-refractivity contribution is 1.33. The number of fused-ring (bicyclic) bond motifs is 5. The average Bonchev–Trinajstić information content (AvgIpc) is 3.01. The molecule has 0 saturated heterocycles. The second-order valence-electron chi connectivity index (χ2n) is 5.78. The predicted octanol–water partition coefficient (Wildman–Crippen LogP) is 5.54. The molecular formula is C21H14N2. The quantitative estimate of drug-likeness (QED) is 0.432. The van der Waals surface area contributed by atoms with Crippen LogP contribution in [0.25, 0.3) is 43.8 Å². The highest BCUT2D eigenvalue weighted by molar-refractivity contribution is 6.23. The van der Waals surface area contributed by atoms with Gasteiger partial charge in [0.05, 0.1) is 5.69 Å². The van der Waals surface area contributed by atoms with Gasteiger partial charge in [-0.15, -0.1) is 0 Å². The van der Waals surface area contributed by atoms with Crippen LogP contribution in [-0.2, 0) is 0 Å². The van der Waals surface area contributed by atoms with Crippen LogP contribution < -0.4 is 0 Å². The van der Waals surface area contributed by atoms with Crippen LogP contribution in [0.1, 0.15) is 0 Å². The molecule has 1 N–H and O–H groups in total. The molecule has 0 bridgehead atoms. The minimum Gasteiger partial charge on any atom is -0.354 e. The van der Waals surface area contributed by atoms with Crippen molar-refractivity contribution in [1.29, 1.82) is 0 Å². The molecule has 3 aromatic carbocycles. The third-order valence-electron chi connectivity index (χ3n) is 4.45. The Morgan fingerprint density at radius 3 is 2.48 bits per heavy atom. The number of aromatic nitrogens is 2. The molecule has 2 nitrogen and oxygen atoms in total. The van der Waals surface area contributed by atoms with Crippen LogP contribution in [0.15, 0.2) is 79.0 Å². The van der Waals surface area contributed by atoms with E-state index in [1.54, 1.807) is 0 Å². The molecule has 5 rings (SSSR count). The lowest BCUT2D eigenvalue weighted by Crippen LogP contribution is -1.85. The van der Waals surface area contributed by atoms with Crippen LogP contribution in [0.3, 0.4) is 0 Å². The van der Waals surface area contributed by atoms with E-state index in [0.717, 1.165) is 5.69 Å². The number of nitrogens with zero attached hydrogens (tertiary/aromatic N) is 1. The predicted molar refractivity (Wildman–Crippen MR) is 96.5 cm³/mol. The van der Waals surface area contributed by atoms with Gasteiger partial charge in [-0.2, -0.15) is 0 Å². The summed E-state index contributed by atoms with van der Waals surface area (Å²) in [5.74, 6) is 0. The van der Waals surface area contributed by atoms with E-state index in [4.69, 9.17) is 0 Å². The topological polar surface area (TPSA) is 28.7 Å². The Labute approximate surface area is 133 Å². The lowest BCUT2D eigenvalue weighted by atomic mass is 9.97. The van der Waals surface area contributed by atoms with Gasteiger partial charge < -0.3 is 4.98 Å². The molecule has 2 heteroatoms. The summed E-state index contributed by atoms with van der Waals surface area (Å²) in [5, 5.41) is 5.04. The number of rotatable bonds is 1. The smallest absolute Gasteiger partial charge is 0.0708 e. The minimum atomic E-state index is 1.01. The van der Waals surface area contributed by atoms with Crippen LogP contribution in [-0.4, -0.2) is 9.97 Å². The molecule has 5 aromatic rings. The number of hydrogen-bond acceptors (Lipinski definition) is 1. The largest absolute Gasteiger partial charge is 0.354 e. The normalized spacial score (nSPS) is 11.5. The SMILES string of the molecule is c1ccc(-c2cccc3ccc4[nH]c5ccccc5c4c23)nc1. The van der Waals surface area contributed by atoms with Gasteiger partial charge >= 0.3 is 0 Å². The van der Waals surface area contributed by atoms with E-state index in [1.165, 1.54) is 38.1 Å². The maximum absolute atomic E-state index is 4.56. The minimum absolute atomic E-state index is 1.01. The Morgan fingerprint density at radius 1 is 0.652 bits per heavy atom. The second kappa shape index (κ2) is 4.68. The van der Waals surface area contributed by atoms with Gasteiger partial charge in [-0.05, 0) is 29.7 Å². The molecule has 0 amide bonds. The van der Waals surface area contributed by atoms with Crippen LogP contribution in [0.2, 0.25) is 0 Å². The number of pyridine rings is 1. The first-order valence-electron chi connectivity index (χ1n) is 7.75. The molecule has 0 unspecified atom stereocenters. The summed E-state index contributed by atoms with van der Waals surface area (Å²) < 4.78 is 0. The number of para-hydroxylation sites is 1. The van der Waals surface area contributed by atoms with E-state index in [9.17, 15) is 0 Å². The molecule has 0 fully saturated rings.